The lowest BCUT2D eigenvalue weighted by atomic mass is 9.86. The molecule has 1 aliphatic rings. The van der Waals surface area contributed by atoms with Gasteiger partial charge in [0.05, 0.1) is 11.3 Å². The fourth-order valence-electron chi connectivity index (χ4n) is 4.09. The maximum atomic E-state index is 13.0. The van der Waals surface area contributed by atoms with E-state index < -0.39 is 27.3 Å². The molecule has 9 heteroatoms. The SMILES string of the molecule is CC=C(N)C1(N)CCN(S(=O)(=O)CCc2c(C)cc(N(C)C(=O)OC(C)(C)C)cc2C)CC1. The average Bonchev–Trinajstić information content (AvgIpc) is 2.70. The summed E-state index contributed by atoms with van der Waals surface area (Å²) in [7, 11) is -1.76. The van der Waals surface area contributed by atoms with Gasteiger partial charge in [-0.05, 0) is 89.6 Å². The van der Waals surface area contributed by atoms with Crippen LogP contribution in [0.2, 0.25) is 0 Å². The summed E-state index contributed by atoms with van der Waals surface area (Å²) in [6.45, 7) is 11.9. The molecular formula is C24H40N4O4S. The van der Waals surface area contributed by atoms with Crippen LogP contribution in [0.15, 0.2) is 23.9 Å². The third-order valence-corrected chi connectivity index (χ3v) is 8.11. The first kappa shape index (κ1) is 27.1. The quantitative estimate of drug-likeness (QED) is 0.645. The zero-order chi connectivity index (χ0) is 25.2. The Hall–Kier alpha value is -2.10. The number of rotatable bonds is 6. The van der Waals surface area contributed by atoms with E-state index in [1.807, 2.05) is 53.7 Å². The zero-order valence-electron chi connectivity index (χ0n) is 21.1. The normalized spacial score (nSPS) is 17.6. The third kappa shape index (κ3) is 6.71. The maximum absolute atomic E-state index is 13.0. The number of benzene rings is 1. The minimum atomic E-state index is -3.42. The van der Waals surface area contributed by atoms with Crippen molar-refractivity contribution in [2.24, 2.45) is 11.5 Å². The summed E-state index contributed by atoms with van der Waals surface area (Å²) in [5.74, 6) is 0.0204. The van der Waals surface area contributed by atoms with Gasteiger partial charge in [0.25, 0.3) is 0 Å². The van der Waals surface area contributed by atoms with Crippen molar-refractivity contribution in [3.8, 4) is 0 Å². The summed E-state index contributed by atoms with van der Waals surface area (Å²) in [5.41, 5.74) is 15.4. The molecule has 0 atom stereocenters. The molecule has 0 aromatic heterocycles. The number of sulfonamides is 1. The molecule has 1 aromatic carbocycles. The predicted octanol–water partition coefficient (Wildman–Crippen LogP) is 3.20. The summed E-state index contributed by atoms with van der Waals surface area (Å²) in [4.78, 5) is 13.9. The largest absolute Gasteiger partial charge is 0.443 e. The highest BCUT2D eigenvalue weighted by molar-refractivity contribution is 7.89. The molecular weight excluding hydrogens is 440 g/mol. The Kier molecular flexibility index (Phi) is 8.25. The zero-order valence-corrected chi connectivity index (χ0v) is 21.9. The summed E-state index contributed by atoms with van der Waals surface area (Å²) in [6.07, 6.45) is 2.77. The molecule has 1 aliphatic heterocycles. The number of nitrogens with two attached hydrogens (primary N) is 2. The van der Waals surface area contributed by atoms with Crippen LogP contribution < -0.4 is 16.4 Å². The number of hydrogen-bond acceptors (Lipinski definition) is 6. The topological polar surface area (TPSA) is 119 Å². The molecule has 0 spiro atoms. The van der Waals surface area contributed by atoms with E-state index in [1.54, 1.807) is 13.1 Å². The van der Waals surface area contributed by atoms with Crippen LogP contribution in [-0.2, 0) is 21.2 Å². The van der Waals surface area contributed by atoms with Crippen LogP contribution in [-0.4, -0.2) is 55.8 Å². The molecule has 1 amide bonds. The number of carbonyl (C=O) groups excluding carboxylic acids is 1. The van der Waals surface area contributed by atoms with Crippen LogP contribution in [0.25, 0.3) is 0 Å². The molecule has 0 saturated carbocycles. The second-order valence-electron chi connectivity index (χ2n) is 9.96. The van der Waals surface area contributed by atoms with Crippen molar-refractivity contribution in [2.75, 3.05) is 30.8 Å². The first-order chi connectivity index (χ1) is 15.1. The fraction of sp³-hybridized carbons (Fsp3) is 0.625. The summed E-state index contributed by atoms with van der Waals surface area (Å²) >= 11 is 0. The molecule has 0 radical (unpaired) electrons. The summed E-state index contributed by atoms with van der Waals surface area (Å²) < 4.78 is 33.0. The van der Waals surface area contributed by atoms with Gasteiger partial charge in [0, 0.05) is 31.5 Å². The third-order valence-electron chi connectivity index (χ3n) is 6.24. The van der Waals surface area contributed by atoms with Gasteiger partial charge in [-0.3, -0.25) is 4.90 Å². The van der Waals surface area contributed by atoms with Crippen LogP contribution in [0.4, 0.5) is 10.5 Å². The standard InChI is InChI=1S/C24H40N4O4S/c1-8-21(25)24(26)10-12-28(13-11-24)33(30,31)14-9-20-17(2)15-19(16-18(20)3)27(7)22(29)32-23(4,5)6/h8,15-16H,9-14,25-26H2,1-7H3. The van der Waals surface area contributed by atoms with Crippen LogP contribution in [0, 0.1) is 13.8 Å². The van der Waals surface area contributed by atoms with Crippen molar-refractivity contribution in [1.82, 2.24) is 4.31 Å². The second kappa shape index (κ2) is 10.0. The van der Waals surface area contributed by atoms with Gasteiger partial charge in [0.2, 0.25) is 10.0 Å². The van der Waals surface area contributed by atoms with Gasteiger partial charge in [-0.1, -0.05) is 6.08 Å². The number of nitrogens with zero attached hydrogens (tertiary/aromatic N) is 2. The number of aryl methyl sites for hydroxylation is 2. The number of hydrogen-bond donors (Lipinski definition) is 2. The van der Waals surface area contributed by atoms with E-state index in [9.17, 15) is 13.2 Å². The first-order valence-corrected chi connectivity index (χ1v) is 13.0. The van der Waals surface area contributed by atoms with Crippen LogP contribution in [0.3, 0.4) is 0 Å². The van der Waals surface area contributed by atoms with E-state index in [0.29, 0.717) is 43.7 Å². The first-order valence-electron chi connectivity index (χ1n) is 11.4. The molecule has 8 nitrogen and oxygen atoms in total. The predicted molar refractivity (Wildman–Crippen MR) is 134 cm³/mol. The molecule has 1 saturated heterocycles. The Morgan fingerprint density at radius 2 is 1.73 bits per heavy atom. The lowest BCUT2D eigenvalue weighted by Gasteiger charge is -2.39. The monoisotopic (exact) mass is 480 g/mol. The van der Waals surface area contributed by atoms with Gasteiger partial charge in [-0.2, -0.15) is 0 Å². The molecule has 0 unspecified atom stereocenters. The Morgan fingerprint density at radius 3 is 2.18 bits per heavy atom. The fourth-order valence-corrected chi connectivity index (χ4v) is 5.55. The highest BCUT2D eigenvalue weighted by Gasteiger charge is 2.36. The van der Waals surface area contributed by atoms with Crippen LogP contribution in [0.5, 0.6) is 0 Å². The molecule has 0 bridgehead atoms. The van der Waals surface area contributed by atoms with Crippen molar-refractivity contribution in [2.45, 2.75) is 71.9 Å². The molecule has 4 N–H and O–H groups in total. The highest BCUT2D eigenvalue weighted by atomic mass is 32.2. The van der Waals surface area contributed by atoms with Crippen LogP contribution in [0.1, 0.15) is 57.2 Å². The van der Waals surface area contributed by atoms with E-state index in [1.165, 1.54) is 9.21 Å². The Bertz CT molecular complexity index is 981. The molecule has 2 rings (SSSR count). The lowest BCUT2D eigenvalue weighted by molar-refractivity contribution is 0.0589. The number of allylic oxidation sites excluding steroid dienone is 1. The molecule has 1 fully saturated rings. The number of ether oxygens (including phenoxy) is 1. The van der Waals surface area contributed by atoms with E-state index in [0.717, 1.165) is 16.7 Å². The lowest BCUT2D eigenvalue weighted by Crippen LogP contribution is -2.54. The number of carbonyl (C=O) groups is 1. The number of anilines is 1. The van der Waals surface area contributed by atoms with E-state index in [4.69, 9.17) is 16.2 Å². The molecule has 186 valence electrons. The van der Waals surface area contributed by atoms with Gasteiger partial charge in [0.1, 0.15) is 5.60 Å². The maximum Gasteiger partial charge on any atom is 0.414 e. The minimum Gasteiger partial charge on any atom is -0.443 e. The minimum absolute atomic E-state index is 0.0204. The smallest absolute Gasteiger partial charge is 0.414 e. The second-order valence-corrected chi connectivity index (χ2v) is 12.1. The Balaban J connectivity index is 2.09. The number of amides is 1. The van der Waals surface area contributed by atoms with Crippen molar-refractivity contribution in [3.05, 3.63) is 40.6 Å². The average molecular weight is 481 g/mol. The van der Waals surface area contributed by atoms with Crippen molar-refractivity contribution < 1.29 is 17.9 Å². The van der Waals surface area contributed by atoms with Crippen molar-refractivity contribution in [1.29, 1.82) is 0 Å². The number of piperidine rings is 1. The summed E-state index contributed by atoms with van der Waals surface area (Å²) in [5, 5.41) is 0. The van der Waals surface area contributed by atoms with E-state index in [2.05, 4.69) is 0 Å². The Morgan fingerprint density at radius 1 is 1.21 bits per heavy atom. The van der Waals surface area contributed by atoms with Gasteiger partial charge in [-0.25, -0.2) is 17.5 Å². The van der Waals surface area contributed by atoms with Gasteiger partial charge in [-0.15, -0.1) is 0 Å². The summed E-state index contributed by atoms with van der Waals surface area (Å²) in [6, 6.07) is 3.78. The van der Waals surface area contributed by atoms with Gasteiger partial charge >= 0.3 is 6.09 Å². The molecule has 33 heavy (non-hydrogen) atoms. The van der Waals surface area contributed by atoms with E-state index in [-0.39, 0.29) is 5.75 Å². The molecule has 1 aromatic rings. The Labute approximate surface area is 199 Å². The van der Waals surface area contributed by atoms with E-state index >= 15 is 0 Å². The van der Waals surface area contributed by atoms with Gasteiger partial charge in [0.15, 0.2) is 0 Å². The molecule has 0 aliphatic carbocycles. The molecule has 1 heterocycles. The van der Waals surface area contributed by atoms with Crippen molar-refractivity contribution >= 4 is 21.8 Å². The van der Waals surface area contributed by atoms with Gasteiger partial charge < -0.3 is 16.2 Å². The van der Waals surface area contributed by atoms with Crippen LogP contribution >= 0.6 is 0 Å². The highest BCUT2D eigenvalue weighted by Crippen LogP contribution is 2.28. The van der Waals surface area contributed by atoms with Crippen molar-refractivity contribution in [3.63, 3.8) is 0 Å².